The van der Waals surface area contributed by atoms with Crippen molar-refractivity contribution in [2.75, 3.05) is 0 Å². The number of nitro groups is 1. The zero-order valence-electron chi connectivity index (χ0n) is 19.5. The van der Waals surface area contributed by atoms with Gasteiger partial charge in [-0.15, -0.1) is 0 Å². The number of benzene rings is 4. The first-order valence-electron chi connectivity index (χ1n) is 11.1. The molecule has 1 unspecified atom stereocenters. The summed E-state index contributed by atoms with van der Waals surface area (Å²) in [5.74, 6) is -1.02. The Balaban J connectivity index is 1.53. The average molecular weight is 518 g/mol. The summed E-state index contributed by atoms with van der Waals surface area (Å²) in [6.07, 6.45) is 0.288. The number of hydrazone groups is 1. The van der Waals surface area contributed by atoms with E-state index >= 15 is 0 Å². The number of hydrogen-bond acceptors (Lipinski definition) is 7. The molecule has 0 aliphatic heterocycles. The van der Waals surface area contributed by atoms with Gasteiger partial charge in [-0.25, -0.2) is 10.2 Å². The highest BCUT2D eigenvalue weighted by Gasteiger charge is 2.20. The first kappa shape index (κ1) is 25.3. The predicted molar refractivity (Wildman–Crippen MR) is 139 cm³/mol. The van der Waals surface area contributed by atoms with Crippen LogP contribution in [0.25, 0.3) is 10.8 Å². The first-order chi connectivity index (χ1) is 17.8. The van der Waals surface area contributed by atoms with Crippen molar-refractivity contribution in [3.8, 4) is 11.5 Å². The van der Waals surface area contributed by atoms with Gasteiger partial charge in [-0.1, -0.05) is 54.1 Å². The van der Waals surface area contributed by atoms with E-state index in [1.165, 1.54) is 31.3 Å². The van der Waals surface area contributed by atoms with Crippen LogP contribution in [0, 0.1) is 10.1 Å². The normalized spacial score (nSPS) is 11.7. The zero-order valence-corrected chi connectivity index (χ0v) is 20.2. The van der Waals surface area contributed by atoms with Crippen LogP contribution < -0.4 is 14.9 Å². The fraction of sp³-hybridized carbons (Fsp3) is 0.0741. The highest BCUT2D eigenvalue weighted by molar-refractivity contribution is 6.30. The molecule has 0 fully saturated rings. The number of carbonyl (C=O) groups excluding carboxylic acids is 2. The summed E-state index contributed by atoms with van der Waals surface area (Å²) < 4.78 is 11.1. The second-order valence-corrected chi connectivity index (χ2v) is 8.25. The average Bonchev–Trinajstić information content (AvgIpc) is 2.90. The second-order valence-electron chi connectivity index (χ2n) is 7.81. The number of fused-ring (bicyclic) bond motifs is 1. The van der Waals surface area contributed by atoms with Crippen molar-refractivity contribution in [2.24, 2.45) is 5.10 Å². The first-order valence-corrected chi connectivity index (χ1v) is 11.4. The Hall–Kier alpha value is -4.76. The summed E-state index contributed by atoms with van der Waals surface area (Å²) in [7, 11) is 0. The standard InChI is InChI=1S/C27H20ClN3O6/c1-17(36-25-9-5-4-8-23(25)31(34)35)26(32)30-29-16-22-21-7-3-2-6-18(21)12-15-24(22)37-27(33)19-10-13-20(28)14-11-19/h2-17H,1H3,(H,30,32). The van der Waals surface area contributed by atoms with Crippen molar-refractivity contribution < 1.29 is 24.0 Å². The Kier molecular flexibility index (Phi) is 7.75. The molecule has 1 N–H and O–H groups in total. The molecule has 0 radical (unpaired) electrons. The highest BCUT2D eigenvalue weighted by atomic mass is 35.5. The predicted octanol–water partition coefficient (Wildman–Crippen LogP) is 5.54. The smallest absolute Gasteiger partial charge is 0.343 e. The molecule has 4 aromatic carbocycles. The number of nitro benzene ring substituents is 1. The van der Waals surface area contributed by atoms with Crippen LogP contribution in [0.5, 0.6) is 11.5 Å². The van der Waals surface area contributed by atoms with Crippen LogP contribution in [-0.4, -0.2) is 29.1 Å². The number of carbonyl (C=O) groups is 2. The molecule has 0 aliphatic carbocycles. The van der Waals surface area contributed by atoms with Gasteiger partial charge in [0.15, 0.2) is 11.9 Å². The molecule has 1 amide bonds. The number of para-hydroxylation sites is 2. The molecule has 0 aromatic heterocycles. The minimum absolute atomic E-state index is 0.0374. The number of rotatable bonds is 8. The highest BCUT2D eigenvalue weighted by Crippen LogP contribution is 2.28. The molecule has 0 bridgehead atoms. The maximum absolute atomic E-state index is 12.7. The molecule has 37 heavy (non-hydrogen) atoms. The van der Waals surface area contributed by atoms with E-state index < -0.39 is 22.9 Å². The van der Waals surface area contributed by atoms with Gasteiger partial charge >= 0.3 is 11.7 Å². The number of amides is 1. The van der Waals surface area contributed by atoms with Crippen molar-refractivity contribution in [3.63, 3.8) is 0 Å². The number of hydrogen-bond donors (Lipinski definition) is 1. The van der Waals surface area contributed by atoms with Crippen molar-refractivity contribution in [3.05, 3.63) is 111 Å². The van der Waals surface area contributed by atoms with Crippen molar-refractivity contribution in [1.82, 2.24) is 5.43 Å². The van der Waals surface area contributed by atoms with Gasteiger partial charge in [0.05, 0.1) is 16.7 Å². The lowest BCUT2D eigenvalue weighted by Crippen LogP contribution is -2.33. The molecule has 0 saturated carbocycles. The van der Waals surface area contributed by atoms with Gasteiger partial charge in [0.2, 0.25) is 0 Å². The molecule has 4 rings (SSSR count). The SMILES string of the molecule is CC(Oc1ccccc1[N+](=O)[O-])C(=O)NN=Cc1c(OC(=O)c2ccc(Cl)cc2)ccc2ccccc12. The zero-order chi connectivity index (χ0) is 26.4. The van der Waals surface area contributed by atoms with Gasteiger partial charge in [0, 0.05) is 16.7 Å². The molecule has 0 aliphatic rings. The van der Waals surface area contributed by atoms with E-state index in [2.05, 4.69) is 10.5 Å². The van der Waals surface area contributed by atoms with Crippen molar-refractivity contribution >= 4 is 46.2 Å². The third kappa shape index (κ3) is 6.09. The van der Waals surface area contributed by atoms with Crippen LogP contribution in [-0.2, 0) is 4.79 Å². The van der Waals surface area contributed by atoms with E-state index in [0.717, 1.165) is 10.8 Å². The number of nitrogens with zero attached hydrogens (tertiary/aromatic N) is 2. The Labute approximate surface area is 216 Å². The molecule has 1 atom stereocenters. The Bertz CT molecular complexity index is 1500. The van der Waals surface area contributed by atoms with E-state index in [0.29, 0.717) is 16.1 Å². The molecule has 0 heterocycles. The third-order valence-electron chi connectivity index (χ3n) is 5.32. The van der Waals surface area contributed by atoms with Crippen LogP contribution in [0.15, 0.2) is 90.0 Å². The molecule has 0 spiro atoms. The fourth-order valence-electron chi connectivity index (χ4n) is 3.45. The molecule has 186 valence electrons. The van der Waals surface area contributed by atoms with Crippen LogP contribution in [0.2, 0.25) is 5.02 Å². The van der Waals surface area contributed by atoms with Gasteiger partial charge in [0.1, 0.15) is 5.75 Å². The second kappa shape index (κ2) is 11.3. The van der Waals surface area contributed by atoms with E-state index in [9.17, 15) is 19.7 Å². The number of halogens is 1. The van der Waals surface area contributed by atoms with Crippen molar-refractivity contribution in [1.29, 1.82) is 0 Å². The molecular formula is C27H20ClN3O6. The van der Waals surface area contributed by atoms with Crippen LogP contribution in [0.3, 0.4) is 0 Å². The summed E-state index contributed by atoms with van der Waals surface area (Å²) in [6, 6.07) is 22.9. The molecule has 4 aromatic rings. The number of ether oxygens (including phenoxy) is 2. The van der Waals surface area contributed by atoms with E-state index in [-0.39, 0.29) is 17.2 Å². The number of esters is 1. The largest absolute Gasteiger partial charge is 0.474 e. The molecule has 9 nitrogen and oxygen atoms in total. The van der Waals surface area contributed by atoms with Gasteiger partial charge < -0.3 is 9.47 Å². The summed E-state index contributed by atoms with van der Waals surface area (Å²) in [5, 5.41) is 17.3. The van der Waals surface area contributed by atoms with Crippen molar-refractivity contribution in [2.45, 2.75) is 13.0 Å². The lowest BCUT2D eigenvalue weighted by Gasteiger charge is -2.13. The summed E-state index contributed by atoms with van der Waals surface area (Å²) in [4.78, 5) is 35.8. The monoisotopic (exact) mass is 517 g/mol. The van der Waals surface area contributed by atoms with Gasteiger partial charge in [0.25, 0.3) is 5.91 Å². The maximum Gasteiger partial charge on any atom is 0.343 e. The molecular weight excluding hydrogens is 498 g/mol. The Morgan fingerprint density at radius 1 is 0.973 bits per heavy atom. The van der Waals surface area contributed by atoms with Crippen LogP contribution in [0.1, 0.15) is 22.8 Å². The minimum Gasteiger partial charge on any atom is -0.474 e. The topological polar surface area (TPSA) is 120 Å². The maximum atomic E-state index is 12.7. The molecule has 10 heteroatoms. The lowest BCUT2D eigenvalue weighted by atomic mass is 10.0. The minimum atomic E-state index is -1.08. The van der Waals surface area contributed by atoms with Crippen LogP contribution >= 0.6 is 11.6 Å². The molecule has 0 saturated heterocycles. The van der Waals surface area contributed by atoms with Gasteiger partial charge in [-0.3, -0.25) is 14.9 Å². The summed E-state index contributed by atoms with van der Waals surface area (Å²) in [6.45, 7) is 1.44. The van der Waals surface area contributed by atoms with E-state index in [4.69, 9.17) is 21.1 Å². The van der Waals surface area contributed by atoms with E-state index in [1.807, 2.05) is 24.3 Å². The fourth-order valence-corrected chi connectivity index (χ4v) is 3.57. The lowest BCUT2D eigenvalue weighted by molar-refractivity contribution is -0.386. The summed E-state index contributed by atoms with van der Waals surface area (Å²) >= 11 is 5.90. The van der Waals surface area contributed by atoms with Gasteiger partial charge in [-0.2, -0.15) is 5.10 Å². The van der Waals surface area contributed by atoms with E-state index in [1.54, 1.807) is 42.5 Å². The summed E-state index contributed by atoms with van der Waals surface area (Å²) in [5.41, 5.74) is 2.89. The van der Waals surface area contributed by atoms with Gasteiger partial charge in [-0.05, 0) is 54.1 Å². The Morgan fingerprint density at radius 2 is 1.68 bits per heavy atom. The number of nitrogens with one attached hydrogen (secondary N) is 1. The Morgan fingerprint density at radius 3 is 2.43 bits per heavy atom. The van der Waals surface area contributed by atoms with Crippen LogP contribution in [0.4, 0.5) is 5.69 Å². The quantitative estimate of drug-likeness (QED) is 0.108. The third-order valence-corrected chi connectivity index (χ3v) is 5.57.